The number of carbonyl (C=O) groups is 3. The lowest BCUT2D eigenvalue weighted by molar-refractivity contribution is -0.384. The number of ether oxygens (including phenoxy) is 1. The highest BCUT2D eigenvalue weighted by Crippen LogP contribution is 2.44. The van der Waals surface area contributed by atoms with Crippen molar-refractivity contribution in [2.45, 2.75) is 19.9 Å². The number of aliphatic hydroxyl groups excluding tert-OH is 1. The summed E-state index contributed by atoms with van der Waals surface area (Å²) in [5.74, 6) is -2.76. The minimum atomic E-state index is -1.11. The number of hydrogen-bond acceptors (Lipinski definition) is 10. The van der Waals surface area contributed by atoms with Gasteiger partial charge in [0.05, 0.1) is 33.7 Å². The van der Waals surface area contributed by atoms with Gasteiger partial charge in [0, 0.05) is 12.1 Å². The van der Waals surface area contributed by atoms with Crippen molar-refractivity contribution in [2.75, 3.05) is 11.5 Å². The van der Waals surface area contributed by atoms with E-state index in [1.165, 1.54) is 24.3 Å². The Labute approximate surface area is 200 Å². The Hall–Kier alpha value is -3.90. The van der Waals surface area contributed by atoms with Gasteiger partial charge in [-0.15, -0.1) is 11.3 Å². The number of anilines is 1. The maximum absolute atomic E-state index is 13.3. The predicted molar refractivity (Wildman–Crippen MR) is 124 cm³/mol. The van der Waals surface area contributed by atoms with Crippen LogP contribution >= 0.6 is 22.7 Å². The molecule has 10 nitrogen and oxygen atoms in total. The number of carbonyl (C=O) groups excluding carboxylic acids is 3. The molecule has 174 valence electrons. The van der Waals surface area contributed by atoms with Crippen LogP contribution in [-0.2, 0) is 9.53 Å². The quantitative estimate of drug-likeness (QED) is 0.219. The molecular weight excluding hydrogens is 482 g/mol. The fourth-order valence-electron chi connectivity index (χ4n) is 3.54. The first-order chi connectivity index (χ1) is 16.2. The number of thiazole rings is 1. The number of ketones is 1. The number of nitrogens with zero attached hydrogens (tertiary/aromatic N) is 3. The molecule has 2 aromatic heterocycles. The summed E-state index contributed by atoms with van der Waals surface area (Å²) in [5.41, 5.74) is 0.333. The van der Waals surface area contributed by atoms with E-state index in [-0.39, 0.29) is 27.9 Å². The van der Waals surface area contributed by atoms with E-state index in [1.807, 2.05) is 0 Å². The standard InChI is InChI=1S/C22H17N3O7S2/c1-3-32-21(29)19-11(2)23-22(34-19)24-16(12-6-8-13(9-7-12)25(30)31)15(18(27)20(24)28)17(26)14-5-4-10-33-14/h4-10,16,27H,3H2,1-2H3/t16-/m1/s1. The van der Waals surface area contributed by atoms with Crippen LogP contribution in [-0.4, -0.2) is 39.3 Å². The Bertz CT molecular complexity index is 1330. The molecule has 0 fully saturated rings. The van der Waals surface area contributed by atoms with Crippen molar-refractivity contribution in [1.29, 1.82) is 0 Å². The van der Waals surface area contributed by atoms with E-state index in [0.717, 1.165) is 27.6 Å². The molecule has 3 heterocycles. The number of aromatic nitrogens is 1. The highest BCUT2D eigenvalue weighted by molar-refractivity contribution is 7.17. The number of benzene rings is 1. The first-order valence-electron chi connectivity index (χ1n) is 9.98. The van der Waals surface area contributed by atoms with Gasteiger partial charge in [0.15, 0.2) is 10.9 Å². The molecular formula is C22H17N3O7S2. The molecule has 1 amide bonds. The van der Waals surface area contributed by atoms with Crippen molar-refractivity contribution in [1.82, 2.24) is 4.98 Å². The summed E-state index contributed by atoms with van der Waals surface area (Å²) in [6.45, 7) is 3.40. The maximum atomic E-state index is 13.3. The number of thiophene rings is 1. The number of esters is 1. The number of aliphatic hydroxyl groups is 1. The second-order valence-electron chi connectivity index (χ2n) is 7.13. The molecule has 1 aromatic carbocycles. The average Bonchev–Trinajstić information content (AvgIpc) is 3.53. The maximum Gasteiger partial charge on any atom is 0.350 e. The van der Waals surface area contributed by atoms with Crippen LogP contribution in [0.3, 0.4) is 0 Å². The van der Waals surface area contributed by atoms with Crippen molar-refractivity contribution in [2.24, 2.45) is 0 Å². The summed E-state index contributed by atoms with van der Waals surface area (Å²) < 4.78 is 5.04. The van der Waals surface area contributed by atoms with E-state index in [9.17, 15) is 29.6 Å². The Morgan fingerprint density at radius 1 is 1.26 bits per heavy atom. The van der Waals surface area contributed by atoms with Crippen LogP contribution < -0.4 is 4.90 Å². The summed E-state index contributed by atoms with van der Waals surface area (Å²) >= 11 is 2.04. The van der Waals surface area contributed by atoms with E-state index >= 15 is 0 Å². The zero-order valence-corrected chi connectivity index (χ0v) is 19.5. The molecule has 4 rings (SSSR count). The zero-order valence-electron chi connectivity index (χ0n) is 17.9. The van der Waals surface area contributed by atoms with Gasteiger partial charge in [0.2, 0.25) is 5.78 Å². The molecule has 12 heteroatoms. The SMILES string of the molecule is CCOC(=O)c1sc(N2C(=O)C(O)=C(C(=O)c3cccs3)[C@H]2c2ccc([N+](=O)[O-])cc2)nc1C. The van der Waals surface area contributed by atoms with Crippen LogP contribution in [0.4, 0.5) is 10.8 Å². The molecule has 0 spiro atoms. The Morgan fingerprint density at radius 3 is 2.56 bits per heavy atom. The van der Waals surface area contributed by atoms with Crippen molar-refractivity contribution in [3.05, 3.63) is 84.2 Å². The summed E-state index contributed by atoms with van der Waals surface area (Å²) in [4.78, 5) is 55.2. The topological polar surface area (TPSA) is 140 Å². The van der Waals surface area contributed by atoms with E-state index in [1.54, 1.807) is 31.4 Å². The largest absolute Gasteiger partial charge is 0.503 e. The lowest BCUT2D eigenvalue weighted by Crippen LogP contribution is -2.31. The van der Waals surface area contributed by atoms with Crippen LogP contribution in [0.25, 0.3) is 0 Å². The summed E-state index contributed by atoms with van der Waals surface area (Å²) in [7, 11) is 0. The molecule has 1 aliphatic rings. The molecule has 0 saturated carbocycles. The lowest BCUT2D eigenvalue weighted by atomic mass is 9.95. The molecule has 0 radical (unpaired) electrons. The van der Waals surface area contributed by atoms with Gasteiger partial charge < -0.3 is 9.84 Å². The molecule has 0 bridgehead atoms. The van der Waals surface area contributed by atoms with Gasteiger partial charge in [-0.05, 0) is 43.0 Å². The fraction of sp³-hybridized carbons (Fsp3) is 0.182. The molecule has 0 saturated heterocycles. The average molecular weight is 500 g/mol. The first-order valence-corrected chi connectivity index (χ1v) is 11.7. The van der Waals surface area contributed by atoms with Gasteiger partial charge in [-0.25, -0.2) is 9.78 Å². The summed E-state index contributed by atoms with van der Waals surface area (Å²) in [6, 6.07) is 7.45. The van der Waals surface area contributed by atoms with E-state index in [0.29, 0.717) is 16.1 Å². The number of nitro benzene ring substituents is 1. The number of aryl methyl sites for hydroxylation is 1. The van der Waals surface area contributed by atoms with Crippen LogP contribution in [0.1, 0.15) is 43.6 Å². The monoisotopic (exact) mass is 499 g/mol. The number of Topliss-reactive ketones (excluding diaryl/α,β-unsaturated/α-hetero) is 1. The molecule has 0 unspecified atom stereocenters. The Balaban J connectivity index is 1.85. The minimum absolute atomic E-state index is 0.0782. The highest BCUT2D eigenvalue weighted by atomic mass is 32.1. The van der Waals surface area contributed by atoms with Crippen LogP contribution in [0.2, 0.25) is 0 Å². The summed E-state index contributed by atoms with van der Waals surface area (Å²) in [6.07, 6.45) is 0. The molecule has 1 aliphatic heterocycles. The predicted octanol–water partition coefficient (Wildman–Crippen LogP) is 4.38. The molecule has 0 aliphatic carbocycles. The van der Waals surface area contributed by atoms with E-state index in [4.69, 9.17) is 4.74 Å². The molecule has 1 N–H and O–H groups in total. The smallest absolute Gasteiger partial charge is 0.350 e. The fourth-order valence-corrected chi connectivity index (χ4v) is 5.21. The Morgan fingerprint density at radius 2 is 1.97 bits per heavy atom. The lowest BCUT2D eigenvalue weighted by Gasteiger charge is -2.24. The van der Waals surface area contributed by atoms with E-state index < -0.39 is 34.4 Å². The second kappa shape index (κ2) is 9.15. The van der Waals surface area contributed by atoms with Crippen LogP contribution in [0.5, 0.6) is 0 Å². The van der Waals surface area contributed by atoms with E-state index in [2.05, 4.69) is 4.98 Å². The Kier molecular flexibility index (Phi) is 6.26. The first kappa shape index (κ1) is 23.3. The molecule has 34 heavy (non-hydrogen) atoms. The third-order valence-electron chi connectivity index (χ3n) is 5.07. The number of non-ortho nitro benzene ring substituents is 1. The normalized spacial score (nSPS) is 15.6. The number of nitro groups is 1. The number of hydrogen-bond donors (Lipinski definition) is 1. The van der Waals surface area contributed by atoms with Crippen molar-refractivity contribution >= 4 is 51.2 Å². The van der Waals surface area contributed by atoms with Crippen LogP contribution in [0, 0.1) is 17.0 Å². The zero-order chi connectivity index (χ0) is 24.6. The van der Waals surface area contributed by atoms with Gasteiger partial charge in [0.1, 0.15) is 4.88 Å². The highest BCUT2D eigenvalue weighted by Gasteiger charge is 2.46. The number of amides is 1. The third kappa shape index (κ3) is 3.97. The van der Waals surface area contributed by atoms with Crippen molar-refractivity contribution in [3.8, 4) is 0 Å². The van der Waals surface area contributed by atoms with Gasteiger partial charge in [-0.3, -0.25) is 24.6 Å². The van der Waals surface area contributed by atoms with Crippen molar-refractivity contribution in [3.63, 3.8) is 0 Å². The molecule has 1 atom stereocenters. The van der Waals surface area contributed by atoms with Gasteiger partial charge >= 0.3 is 5.97 Å². The minimum Gasteiger partial charge on any atom is -0.503 e. The summed E-state index contributed by atoms with van der Waals surface area (Å²) in [5, 5.41) is 23.6. The second-order valence-corrected chi connectivity index (χ2v) is 9.05. The van der Waals surface area contributed by atoms with Gasteiger partial charge in [-0.1, -0.05) is 17.4 Å². The number of rotatable bonds is 7. The van der Waals surface area contributed by atoms with Crippen molar-refractivity contribution < 1.29 is 29.2 Å². The van der Waals surface area contributed by atoms with Gasteiger partial charge in [0.25, 0.3) is 11.6 Å². The van der Waals surface area contributed by atoms with Gasteiger partial charge in [-0.2, -0.15) is 0 Å². The van der Waals surface area contributed by atoms with Crippen LogP contribution in [0.15, 0.2) is 53.1 Å². The molecule has 3 aromatic rings. The third-order valence-corrected chi connectivity index (χ3v) is 7.07.